The number of carbonyl (C=O) groups is 1. The molecule has 0 saturated carbocycles. The Hall–Kier alpha value is -2.18. The highest BCUT2D eigenvalue weighted by Crippen LogP contribution is 2.29. The zero-order valence-electron chi connectivity index (χ0n) is 12.1. The molecule has 6 heteroatoms. The lowest BCUT2D eigenvalue weighted by molar-refractivity contribution is -0.131. The van der Waals surface area contributed by atoms with Crippen LogP contribution in [0.2, 0.25) is 0 Å². The maximum Gasteiger partial charge on any atom is 0.265 e. The van der Waals surface area contributed by atoms with Gasteiger partial charge in [0.2, 0.25) is 0 Å². The van der Waals surface area contributed by atoms with Crippen molar-refractivity contribution < 1.29 is 18.4 Å². The van der Waals surface area contributed by atoms with Gasteiger partial charge in [-0.05, 0) is 24.6 Å². The van der Waals surface area contributed by atoms with Gasteiger partial charge in [0.05, 0.1) is 4.90 Å². The van der Waals surface area contributed by atoms with Gasteiger partial charge in [-0.3, -0.25) is 10.0 Å². The lowest BCUT2D eigenvalue weighted by atomic mass is 10.00. The van der Waals surface area contributed by atoms with Gasteiger partial charge in [-0.15, -0.1) is 0 Å². The topological polar surface area (TPSA) is 83.5 Å². The van der Waals surface area contributed by atoms with Crippen LogP contribution in [0.3, 0.4) is 0 Å². The summed E-state index contributed by atoms with van der Waals surface area (Å²) in [6.07, 6.45) is -0.0442. The number of hydroxylamine groups is 1. The normalized spacial score (nSPS) is 14.1. The van der Waals surface area contributed by atoms with E-state index in [2.05, 4.69) is 0 Å². The van der Waals surface area contributed by atoms with Gasteiger partial charge in [0.25, 0.3) is 5.91 Å². The van der Waals surface area contributed by atoms with E-state index in [9.17, 15) is 13.2 Å². The molecular weight excluding hydrogens is 302 g/mol. The van der Waals surface area contributed by atoms with E-state index in [1.807, 2.05) is 0 Å². The third-order valence-electron chi connectivity index (χ3n) is 3.61. The Bertz CT molecular complexity index is 744. The van der Waals surface area contributed by atoms with E-state index in [1.54, 1.807) is 48.5 Å². The van der Waals surface area contributed by atoms with Crippen molar-refractivity contribution in [2.45, 2.75) is 23.0 Å². The van der Waals surface area contributed by atoms with Crippen LogP contribution >= 0.6 is 0 Å². The number of nitrogens with one attached hydrogen (secondary N) is 1. The molecule has 0 aliphatic heterocycles. The van der Waals surface area contributed by atoms with Gasteiger partial charge in [0, 0.05) is 6.42 Å². The fraction of sp³-hybridized carbons (Fsp3) is 0.188. The predicted molar refractivity (Wildman–Crippen MR) is 82.1 cm³/mol. The van der Waals surface area contributed by atoms with E-state index >= 15 is 0 Å². The van der Waals surface area contributed by atoms with Crippen molar-refractivity contribution in [2.24, 2.45) is 0 Å². The molecule has 22 heavy (non-hydrogen) atoms. The van der Waals surface area contributed by atoms with Crippen LogP contribution < -0.4 is 5.48 Å². The number of hydrogen-bond donors (Lipinski definition) is 2. The van der Waals surface area contributed by atoms with Crippen molar-refractivity contribution in [3.8, 4) is 0 Å². The summed E-state index contributed by atoms with van der Waals surface area (Å²) in [6, 6.07) is 16.6. The molecule has 1 unspecified atom stereocenters. The van der Waals surface area contributed by atoms with Gasteiger partial charge < -0.3 is 0 Å². The van der Waals surface area contributed by atoms with Gasteiger partial charge in [-0.1, -0.05) is 48.5 Å². The highest BCUT2D eigenvalue weighted by atomic mass is 32.2. The fourth-order valence-electron chi connectivity index (χ4n) is 2.26. The summed E-state index contributed by atoms with van der Waals surface area (Å²) < 4.78 is 24.0. The standard InChI is InChI=1S/C16H17NO4S/c1-16(15(18)17-19,12-13-8-4-2-5-9-13)22(20,21)14-10-6-3-7-11-14/h2-11,19H,12H2,1H3,(H,17,18). The summed E-state index contributed by atoms with van der Waals surface area (Å²) in [6.45, 7) is 1.31. The average molecular weight is 319 g/mol. The van der Waals surface area contributed by atoms with Crippen molar-refractivity contribution in [1.82, 2.24) is 5.48 Å². The first-order valence-corrected chi connectivity index (χ1v) is 8.18. The Kier molecular flexibility index (Phi) is 4.63. The van der Waals surface area contributed by atoms with E-state index in [1.165, 1.54) is 24.5 Å². The number of carbonyl (C=O) groups excluding carboxylic acids is 1. The fourth-order valence-corrected chi connectivity index (χ4v) is 3.94. The molecule has 2 aromatic rings. The number of benzene rings is 2. The van der Waals surface area contributed by atoms with Crippen LogP contribution in [0.1, 0.15) is 12.5 Å². The van der Waals surface area contributed by atoms with Crippen LogP contribution in [0.25, 0.3) is 0 Å². The molecule has 0 saturated heterocycles. The van der Waals surface area contributed by atoms with Crippen LogP contribution in [0.4, 0.5) is 0 Å². The molecule has 2 N–H and O–H groups in total. The highest BCUT2D eigenvalue weighted by Gasteiger charge is 2.47. The Balaban J connectivity index is 2.53. The van der Waals surface area contributed by atoms with Gasteiger partial charge in [-0.2, -0.15) is 0 Å². The van der Waals surface area contributed by atoms with Crippen LogP contribution in [-0.4, -0.2) is 24.3 Å². The summed E-state index contributed by atoms with van der Waals surface area (Å²) in [7, 11) is -3.98. The van der Waals surface area contributed by atoms with Gasteiger partial charge in [-0.25, -0.2) is 13.9 Å². The first-order valence-electron chi connectivity index (χ1n) is 6.70. The van der Waals surface area contributed by atoms with E-state index < -0.39 is 20.5 Å². The predicted octanol–water partition coefficient (Wildman–Crippen LogP) is 1.97. The quantitative estimate of drug-likeness (QED) is 0.652. The SMILES string of the molecule is CC(Cc1ccccc1)(C(=O)NO)S(=O)(=O)c1ccccc1. The number of rotatable bonds is 5. The smallest absolute Gasteiger partial charge is 0.265 e. The summed E-state index contributed by atoms with van der Waals surface area (Å²) in [5.74, 6) is -0.958. The molecule has 5 nitrogen and oxygen atoms in total. The first kappa shape index (κ1) is 16.2. The number of amides is 1. The molecule has 0 fully saturated rings. The van der Waals surface area contributed by atoms with E-state index in [4.69, 9.17) is 5.21 Å². The summed E-state index contributed by atoms with van der Waals surface area (Å²) in [4.78, 5) is 12.2. The molecule has 0 radical (unpaired) electrons. The zero-order valence-corrected chi connectivity index (χ0v) is 12.9. The second-order valence-electron chi connectivity index (χ2n) is 5.15. The lowest BCUT2D eigenvalue weighted by Gasteiger charge is -2.27. The molecule has 0 heterocycles. The Labute approximate surface area is 129 Å². The third-order valence-corrected chi connectivity index (χ3v) is 6.02. The van der Waals surface area contributed by atoms with Crippen molar-refractivity contribution in [3.05, 3.63) is 66.2 Å². The molecule has 2 rings (SSSR count). The minimum absolute atomic E-state index is 0.0389. The van der Waals surface area contributed by atoms with Crippen LogP contribution in [-0.2, 0) is 21.1 Å². The van der Waals surface area contributed by atoms with Crippen LogP contribution in [0, 0.1) is 0 Å². The maximum absolute atomic E-state index is 12.9. The summed E-state index contributed by atoms with van der Waals surface area (Å²) >= 11 is 0. The zero-order chi connectivity index (χ0) is 16.2. The molecule has 1 amide bonds. The molecule has 2 aromatic carbocycles. The van der Waals surface area contributed by atoms with Crippen LogP contribution in [0.5, 0.6) is 0 Å². The molecular formula is C16H17NO4S. The molecule has 0 bridgehead atoms. The Morgan fingerprint density at radius 1 is 1.05 bits per heavy atom. The van der Waals surface area contributed by atoms with Crippen molar-refractivity contribution in [2.75, 3.05) is 0 Å². The number of sulfone groups is 1. The van der Waals surface area contributed by atoms with Crippen LogP contribution in [0.15, 0.2) is 65.6 Å². The largest absolute Gasteiger partial charge is 0.289 e. The van der Waals surface area contributed by atoms with E-state index in [0.717, 1.165) is 0 Å². The first-order chi connectivity index (χ1) is 10.4. The molecule has 0 spiro atoms. The van der Waals surface area contributed by atoms with Crippen molar-refractivity contribution in [3.63, 3.8) is 0 Å². The monoisotopic (exact) mass is 319 g/mol. The second kappa shape index (κ2) is 6.29. The molecule has 0 aliphatic carbocycles. The summed E-state index contributed by atoms with van der Waals surface area (Å²) in [5.41, 5.74) is 2.17. The van der Waals surface area contributed by atoms with Crippen molar-refractivity contribution >= 4 is 15.7 Å². The Morgan fingerprint density at radius 3 is 2.05 bits per heavy atom. The highest BCUT2D eigenvalue weighted by molar-refractivity contribution is 7.93. The third kappa shape index (κ3) is 2.88. The van der Waals surface area contributed by atoms with E-state index in [-0.39, 0.29) is 11.3 Å². The second-order valence-corrected chi connectivity index (χ2v) is 7.53. The molecule has 0 aliphatic rings. The maximum atomic E-state index is 12.9. The molecule has 0 aromatic heterocycles. The van der Waals surface area contributed by atoms with Crippen molar-refractivity contribution in [1.29, 1.82) is 0 Å². The van der Waals surface area contributed by atoms with Gasteiger partial charge in [0.15, 0.2) is 14.6 Å². The minimum atomic E-state index is -3.98. The average Bonchev–Trinajstić information content (AvgIpc) is 2.55. The molecule has 116 valence electrons. The van der Waals surface area contributed by atoms with Gasteiger partial charge >= 0.3 is 0 Å². The van der Waals surface area contributed by atoms with Gasteiger partial charge in [0.1, 0.15) is 0 Å². The number of hydrogen-bond acceptors (Lipinski definition) is 4. The Morgan fingerprint density at radius 2 is 1.55 bits per heavy atom. The summed E-state index contributed by atoms with van der Waals surface area (Å²) in [5, 5.41) is 8.99. The van der Waals surface area contributed by atoms with E-state index in [0.29, 0.717) is 5.56 Å². The lowest BCUT2D eigenvalue weighted by Crippen LogP contribution is -2.51. The molecule has 1 atom stereocenters. The minimum Gasteiger partial charge on any atom is -0.289 e.